The van der Waals surface area contributed by atoms with Gasteiger partial charge in [-0.25, -0.2) is 4.98 Å². The lowest BCUT2D eigenvalue weighted by atomic mass is 9.77. The third-order valence-corrected chi connectivity index (χ3v) is 7.09. The minimum Gasteiger partial charge on any atom is -0.354 e. The molecule has 5 rings (SSSR count). The van der Waals surface area contributed by atoms with Crippen LogP contribution in [0.5, 0.6) is 0 Å². The van der Waals surface area contributed by atoms with Crippen LogP contribution in [0.25, 0.3) is 11.4 Å². The lowest BCUT2D eigenvalue weighted by Crippen LogP contribution is -2.52. The molecule has 0 atom stereocenters. The molecule has 0 unspecified atom stereocenters. The molecule has 2 aliphatic rings. The normalized spacial score (nSPS) is 17.1. The number of nitrogens with zero attached hydrogens (tertiary/aromatic N) is 3. The van der Waals surface area contributed by atoms with Gasteiger partial charge in [0.2, 0.25) is 5.91 Å². The van der Waals surface area contributed by atoms with E-state index in [9.17, 15) is 9.59 Å². The Morgan fingerprint density at radius 1 is 1.00 bits per heavy atom. The maximum Gasteiger partial charge on any atom is 0.254 e. The lowest BCUT2D eigenvalue weighted by Gasteiger charge is -2.44. The van der Waals surface area contributed by atoms with E-state index in [1.54, 1.807) is 6.20 Å². The van der Waals surface area contributed by atoms with E-state index in [1.807, 2.05) is 65.7 Å². The molecule has 0 bridgehead atoms. The molecule has 1 aliphatic carbocycles. The molecule has 1 aliphatic heterocycles. The minimum absolute atomic E-state index is 0.0158. The zero-order valence-electron chi connectivity index (χ0n) is 18.9. The fourth-order valence-corrected chi connectivity index (χ4v) is 5.40. The van der Waals surface area contributed by atoms with Crippen molar-refractivity contribution in [3.63, 3.8) is 0 Å². The molecule has 0 saturated heterocycles. The van der Waals surface area contributed by atoms with Crippen molar-refractivity contribution < 1.29 is 9.59 Å². The van der Waals surface area contributed by atoms with Crippen LogP contribution in [0.2, 0.25) is 0 Å². The van der Waals surface area contributed by atoms with E-state index in [-0.39, 0.29) is 17.4 Å². The Morgan fingerprint density at radius 3 is 2.55 bits per heavy atom. The predicted molar refractivity (Wildman–Crippen MR) is 127 cm³/mol. The second kappa shape index (κ2) is 9.22. The van der Waals surface area contributed by atoms with Gasteiger partial charge in [0, 0.05) is 49.6 Å². The Labute approximate surface area is 194 Å². The van der Waals surface area contributed by atoms with E-state index in [0.717, 1.165) is 48.2 Å². The van der Waals surface area contributed by atoms with Gasteiger partial charge in [0.25, 0.3) is 5.91 Å². The number of rotatable bonds is 7. The molecule has 2 aromatic carbocycles. The summed E-state index contributed by atoms with van der Waals surface area (Å²) >= 11 is 0. The summed E-state index contributed by atoms with van der Waals surface area (Å²) in [6.07, 6.45) is 9.16. The van der Waals surface area contributed by atoms with E-state index in [4.69, 9.17) is 0 Å². The Bertz CT molecular complexity index is 1130. The fraction of sp³-hybridized carbons (Fsp3) is 0.370. The Kier molecular flexibility index (Phi) is 5.99. The first-order valence-electron chi connectivity index (χ1n) is 11.9. The highest BCUT2D eigenvalue weighted by Crippen LogP contribution is 2.41. The second-order valence-corrected chi connectivity index (χ2v) is 9.17. The summed E-state index contributed by atoms with van der Waals surface area (Å²) in [6.45, 7) is 1.79. The summed E-state index contributed by atoms with van der Waals surface area (Å²) in [7, 11) is 0. The number of benzene rings is 2. The van der Waals surface area contributed by atoms with Gasteiger partial charge in [-0.2, -0.15) is 0 Å². The smallest absolute Gasteiger partial charge is 0.254 e. The van der Waals surface area contributed by atoms with Crippen LogP contribution < -0.4 is 5.32 Å². The van der Waals surface area contributed by atoms with E-state index >= 15 is 0 Å². The zero-order chi connectivity index (χ0) is 22.7. The second-order valence-electron chi connectivity index (χ2n) is 9.17. The van der Waals surface area contributed by atoms with Crippen LogP contribution in [-0.4, -0.2) is 38.3 Å². The molecule has 170 valence electrons. The molecule has 0 spiro atoms. The minimum atomic E-state index is -0.386. The van der Waals surface area contributed by atoms with Crippen LogP contribution in [0.4, 0.5) is 0 Å². The van der Waals surface area contributed by atoms with E-state index in [1.165, 1.54) is 6.42 Å². The molecule has 33 heavy (non-hydrogen) atoms. The number of carbonyl (C=O) groups is 2. The van der Waals surface area contributed by atoms with Gasteiger partial charge in [-0.05, 0) is 24.5 Å². The standard InChI is InChI=1S/C27H30N4O2/c32-24(28-15-17-30-18-16-29-25(30)21-9-3-1-4-10-21)19-27(13-7-2-8-14-27)31-20-22-11-5-6-12-23(22)26(31)33/h1,3-6,9-12,16,18H,2,7-8,13-15,17,19-20H2,(H,28,32). The Balaban J connectivity index is 1.24. The average molecular weight is 443 g/mol. The van der Waals surface area contributed by atoms with Crippen LogP contribution >= 0.6 is 0 Å². The quantitative estimate of drug-likeness (QED) is 0.589. The third-order valence-electron chi connectivity index (χ3n) is 7.09. The highest BCUT2D eigenvalue weighted by atomic mass is 16.2. The van der Waals surface area contributed by atoms with Gasteiger partial charge in [-0.3, -0.25) is 9.59 Å². The number of carbonyl (C=O) groups excluding carboxylic acids is 2. The van der Waals surface area contributed by atoms with Crippen molar-refractivity contribution in [3.05, 3.63) is 78.1 Å². The van der Waals surface area contributed by atoms with Gasteiger partial charge in [0.05, 0.1) is 5.54 Å². The molecular weight excluding hydrogens is 412 g/mol. The fourth-order valence-electron chi connectivity index (χ4n) is 5.40. The number of nitrogens with one attached hydrogen (secondary N) is 1. The summed E-state index contributed by atoms with van der Waals surface area (Å²) in [5.41, 5.74) is 2.53. The first-order chi connectivity index (χ1) is 16.2. The topological polar surface area (TPSA) is 67.2 Å². The van der Waals surface area contributed by atoms with Gasteiger partial charge in [-0.1, -0.05) is 67.8 Å². The maximum atomic E-state index is 13.2. The highest BCUT2D eigenvalue weighted by molar-refractivity contribution is 5.99. The van der Waals surface area contributed by atoms with E-state index in [2.05, 4.69) is 14.9 Å². The number of aromatic nitrogens is 2. The van der Waals surface area contributed by atoms with Crippen LogP contribution in [-0.2, 0) is 17.9 Å². The number of imidazole rings is 1. The van der Waals surface area contributed by atoms with Crippen molar-refractivity contribution in [2.24, 2.45) is 0 Å². The van der Waals surface area contributed by atoms with Gasteiger partial charge >= 0.3 is 0 Å². The van der Waals surface area contributed by atoms with Crippen molar-refractivity contribution in [3.8, 4) is 11.4 Å². The predicted octanol–water partition coefficient (Wildman–Crippen LogP) is 4.42. The third kappa shape index (κ3) is 4.30. The summed E-state index contributed by atoms with van der Waals surface area (Å²) in [4.78, 5) is 32.7. The highest BCUT2D eigenvalue weighted by Gasteiger charge is 2.45. The molecule has 1 saturated carbocycles. The molecule has 3 aromatic rings. The number of amides is 2. The van der Waals surface area contributed by atoms with Gasteiger partial charge < -0.3 is 14.8 Å². The van der Waals surface area contributed by atoms with E-state index in [0.29, 0.717) is 26.1 Å². The SMILES string of the molecule is O=C(CC1(N2Cc3ccccc3C2=O)CCCCC1)NCCn1ccnc1-c1ccccc1. The lowest BCUT2D eigenvalue weighted by molar-refractivity contribution is -0.124. The van der Waals surface area contributed by atoms with Crippen molar-refractivity contribution in [2.45, 2.75) is 57.2 Å². The molecule has 2 amide bonds. The molecular formula is C27H30N4O2. The van der Waals surface area contributed by atoms with Crippen molar-refractivity contribution in [2.75, 3.05) is 6.54 Å². The largest absolute Gasteiger partial charge is 0.354 e. The summed E-state index contributed by atoms with van der Waals surface area (Å²) in [6, 6.07) is 17.9. The van der Waals surface area contributed by atoms with Crippen LogP contribution in [0.3, 0.4) is 0 Å². The monoisotopic (exact) mass is 442 g/mol. The summed E-state index contributed by atoms with van der Waals surface area (Å²) < 4.78 is 2.06. The molecule has 1 N–H and O–H groups in total. The molecule has 0 radical (unpaired) electrons. The molecule has 1 fully saturated rings. The summed E-state index contributed by atoms with van der Waals surface area (Å²) in [5.74, 6) is 0.988. The van der Waals surface area contributed by atoms with Gasteiger partial charge in [-0.15, -0.1) is 0 Å². The number of hydrogen-bond acceptors (Lipinski definition) is 3. The average Bonchev–Trinajstić information content (AvgIpc) is 3.45. The van der Waals surface area contributed by atoms with Crippen molar-refractivity contribution in [1.29, 1.82) is 0 Å². The molecule has 2 heterocycles. The molecule has 1 aromatic heterocycles. The van der Waals surface area contributed by atoms with Gasteiger partial charge in [0.15, 0.2) is 0 Å². The summed E-state index contributed by atoms with van der Waals surface area (Å²) in [5, 5.41) is 3.11. The van der Waals surface area contributed by atoms with Crippen LogP contribution in [0.15, 0.2) is 67.0 Å². The number of hydrogen-bond donors (Lipinski definition) is 1. The first-order valence-corrected chi connectivity index (χ1v) is 11.9. The van der Waals surface area contributed by atoms with Crippen LogP contribution in [0, 0.1) is 0 Å². The van der Waals surface area contributed by atoms with E-state index < -0.39 is 0 Å². The van der Waals surface area contributed by atoms with Crippen molar-refractivity contribution in [1.82, 2.24) is 19.8 Å². The Hall–Kier alpha value is -3.41. The zero-order valence-corrected chi connectivity index (χ0v) is 18.9. The van der Waals surface area contributed by atoms with Crippen molar-refractivity contribution >= 4 is 11.8 Å². The maximum absolute atomic E-state index is 13.2. The molecule has 6 heteroatoms. The van der Waals surface area contributed by atoms with Crippen LogP contribution in [0.1, 0.15) is 54.4 Å². The Morgan fingerprint density at radius 2 is 1.76 bits per heavy atom. The first kappa shape index (κ1) is 21.4. The molecule has 6 nitrogen and oxygen atoms in total. The number of fused-ring (bicyclic) bond motifs is 1. The van der Waals surface area contributed by atoms with Gasteiger partial charge in [0.1, 0.15) is 5.82 Å².